The molecule has 0 fully saturated rings. The molecule has 0 unspecified atom stereocenters. The first-order valence-corrected chi connectivity index (χ1v) is 11.1. The van der Waals surface area contributed by atoms with Crippen molar-refractivity contribution in [2.24, 2.45) is 0 Å². The number of rotatable bonds is 6. The van der Waals surface area contributed by atoms with Crippen LogP contribution in [0.2, 0.25) is 0 Å². The lowest BCUT2D eigenvalue weighted by Crippen LogP contribution is -2.42. The van der Waals surface area contributed by atoms with Crippen molar-refractivity contribution in [3.63, 3.8) is 0 Å². The minimum Gasteiger partial charge on any atom is -0.345 e. The van der Waals surface area contributed by atoms with Gasteiger partial charge in [0.2, 0.25) is 0 Å². The van der Waals surface area contributed by atoms with Gasteiger partial charge in [-0.05, 0) is 53.9 Å². The van der Waals surface area contributed by atoms with Crippen LogP contribution in [-0.2, 0) is 10.0 Å². The Morgan fingerprint density at radius 1 is 0.906 bits per heavy atom. The normalized spacial score (nSPS) is 11.1. The van der Waals surface area contributed by atoms with Gasteiger partial charge < -0.3 is 4.90 Å². The number of carbonyl (C=O) groups excluding carboxylic acids is 2. The van der Waals surface area contributed by atoms with Crippen molar-refractivity contribution in [3.05, 3.63) is 89.2 Å². The summed E-state index contributed by atoms with van der Waals surface area (Å²) in [5.41, 5.74) is 3.56. The van der Waals surface area contributed by atoms with E-state index in [4.69, 9.17) is 0 Å². The lowest BCUT2D eigenvalue weighted by atomic mass is 9.99. The topological polar surface area (TPSA) is 95.6 Å². The van der Waals surface area contributed by atoms with E-state index >= 15 is 0 Å². The Kier molecular flexibility index (Phi) is 6.71. The second-order valence-corrected chi connectivity index (χ2v) is 8.99. The predicted molar refractivity (Wildman–Crippen MR) is 119 cm³/mol. The standard InChI is InChI=1S/C23H22FN3O4S/c1-15-12-18(16-8-5-4-6-9-16)14-20(21(15)24)22(28)25-26-32(30,31)19-11-7-10-17(13-19)23(29)27(2)3/h4-14,26H,1-3H3,(H,25,28). The average molecular weight is 456 g/mol. The monoisotopic (exact) mass is 455 g/mol. The van der Waals surface area contributed by atoms with E-state index in [1.165, 1.54) is 42.2 Å². The summed E-state index contributed by atoms with van der Waals surface area (Å²) in [5, 5.41) is 0. The van der Waals surface area contributed by atoms with Crippen LogP contribution >= 0.6 is 0 Å². The van der Waals surface area contributed by atoms with Crippen molar-refractivity contribution < 1.29 is 22.4 Å². The molecule has 166 valence electrons. The van der Waals surface area contributed by atoms with Crippen molar-refractivity contribution >= 4 is 21.8 Å². The lowest BCUT2D eigenvalue weighted by Gasteiger charge is -2.13. The summed E-state index contributed by atoms with van der Waals surface area (Å²) in [6, 6.07) is 17.4. The van der Waals surface area contributed by atoms with E-state index in [1.807, 2.05) is 40.6 Å². The number of benzene rings is 3. The summed E-state index contributed by atoms with van der Waals surface area (Å²) in [4.78, 5) is 27.7. The third-order valence-electron chi connectivity index (χ3n) is 4.70. The molecule has 0 spiro atoms. The fourth-order valence-corrected chi connectivity index (χ4v) is 3.91. The number of sulfonamides is 1. The Morgan fingerprint density at radius 3 is 2.25 bits per heavy atom. The SMILES string of the molecule is Cc1cc(-c2ccccc2)cc(C(=O)NNS(=O)(=O)c2cccc(C(=O)N(C)C)c2)c1F. The molecule has 0 radical (unpaired) electrons. The number of aryl methyl sites for hydroxylation is 1. The average Bonchev–Trinajstić information content (AvgIpc) is 2.79. The van der Waals surface area contributed by atoms with E-state index < -0.39 is 21.7 Å². The molecule has 0 aliphatic heterocycles. The molecule has 0 atom stereocenters. The minimum absolute atomic E-state index is 0.168. The van der Waals surface area contributed by atoms with E-state index in [9.17, 15) is 22.4 Å². The molecule has 3 aromatic rings. The molecule has 0 saturated carbocycles. The van der Waals surface area contributed by atoms with Gasteiger partial charge in [0.25, 0.3) is 21.8 Å². The van der Waals surface area contributed by atoms with Gasteiger partial charge in [-0.1, -0.05) is 36.4 Å². The molecule has 0 saturated heterocycles. The van der Waals surface area contributed by atoms with Gasteiger partial charge in [0, 0.05) is 19.7 Å². The van der Waals surface area contributed by atoms with Gasteiger partial charge in [0.05, 0.1) is 10.5 Å². The number of hydrogen-bond donors (Lipinski definition) is 2. The van der Waals surface area contributed by atoms with Crippen LogP contribution in [0.3, 0.4) is 0 Å². The number of nitrogens with one attached hydrogen (secondary N) is 2. The molecule has 3 aromatic carbocycles. The second kappa shape index (κ2) is 9.29. The van der Waals surface area contributed by atoms with E-state index in [0.29, 0.717) is 5.56 Å². The largest absolute Gasteiger partial charge is 0.345 e. The Labute approximate surface area is 185 Å². The van der Waals surface area contributed by atoms with Gasteiger partial charge in [-0.25, -0.2) is 12.8 Å². The zero-order chi connectivity index (χ0) is 23.5. The molecule has 2 N–H and O–H groups in total. The van der Waals surface area contributed by atoms with Crippen LogP contribution in [0, 0.1) is 12.7 Å². The van der Waals surface area contributed by atoms with Gasteiger partial charge in [-0.3, -0.25) is 15.0 Å². The first-order valence-electron chi connectivity index (χ1n) is 9.59. The molecular weight excluding hydrogens is 433 g/mol. The Morgan fingerprint density at radius 2 is 1.59 bits per heavy atom. The first-order chi connectivity index (χ1) is 15.1. The summed E-state index contributed by atoms with van der Waals surface area (Å²) < 4.78 is 39.8. The molecule has 0 aliphatic carbocycles. The quantitative estimate of drug-likeness (QED) is 0.559. The maximum Gasteiger partial charge on any atom is 0.269 e. The fourth-order valence-electron chi connectivity index (χ4n) is 3.03. The van der Waals surface area contributed by atoms with Gasteiger partial charge in [-0.2, -0.15) is 0 Å². The zero-order valence-corrected chi connectivity index (χ0v) is 18.5. The molecule has 0 heterocycles. The van der Waals surface area contributed by atoms with E-state index in [1.54, 1.807) is 20.2 Å². The number of hydrazine groups is 1. The Bertz CT molecular complexity index is 1280. The lowest BCUT2D eigenvalue weighted by molar-refractivity contribution is 0.0827. The van der Waals surface area contributed by atoms with E-state index in [0.717, 1.165) is 5.56 Å². The van der Waals surface area contributed by atoms with Crippen molar-refractivity contribution in [1.29, 1.82) is 0 Å². The molecule has 0 aromatic heterocycles. The third-order valence-corrected chi connectivity index (χ3v) is 5.95. The van der Waals surface area contributed by atoms with Gasteiger partial charge in [0.15, 0.2) is 0 Å². The first kappa shape index (κ1) is 23.1. The van der Waals surface area contributed by atoms with Crippen LogP contribution in [0.15, 0.2) is 71.6 Å². The second-order valence-electron chi connectivity index (χ2n) is 7.31. The van der Waals surface area contributed by atoms with Crippen molar-refractivity contribution in [2.75, 3.05) is 14.1 Å². The number of nitrogens with zero attached hydrogens (tertiary/aromatic N) is 1. The highest BCUT2D eigenvalue weighted by Crippen LogP contribution is 2.24. The maximum absolute atomic E-state index is 14.6. The summed E-state index contributed by atoms with van der Waals surface area (Å²) in [5.74, 6) is -2.08. The molecule has 0 bridgehead atoms. The molecule has 32 heavy (non-hydrogen) atoms. The number of halogens is 1. The highest BCUT2D eigenvalue weighted by Gasteiger charge is 2.21. The summed E-state index contributed by atoms with van der Waals surface area (Å²) >= 11 is 0. The van der Waals surface area contributed by atoms with Gasteiger partial charge in [0.1, 0.15) is 5.82 Å². The highest BCUT2D eigenvalue weighted by atomic mass is 32.2. The zero-order valence-electron chi connectivity index (χ0n) is 17.7. The van der Waals surface area contributed by atoms with Crippen LogP contribution in [0.4, 0.5) is 4.39 Å². The summed E-state index contributed by atoms with van der Waals surface area (Å²) in [6.45, 7) is 1.52. The number of carbonyl (C=O) groups is 2. The van der Waals surface area contributed by atoms with Crippen molar-refractivity contribution in [3.8, 4) is 11.1 Å². The van der Waals surface area contributed by atoms with Crippen LogP contribution < -0.4 is 10.3 Å². The molecule has 3 rings (SSSR count). The Hall–Kier alpha value is -3.56. The summed E-state index contributed by atoms with van der Waals surface area (Å²) in [6.07, 6.45) is 0. The number of hydrogen-bond acceptors (Lipinski definition) is 4. The van der Waals surface area contributed by atoms with E-state index in [2.05, 4.69) is 0 Å². The van der Waals surface area contributed by atoms with Crippen LogP contribution in [-0.4, -0.2) is 39.2 Å². The molecule has 2 amide bonds. The summed E-state index contributed by atoms with van der Waals surface area (Å²) in [7, 11) is -1.12. The van der Waals surface area contributed by atoms with Crippen LogP contribution in [0.5, 0.6) is 0 Å². The van der Waals surface area contributed by atoms with E-state index in [-0.39, 0.29) is 27.5 Å². The molecule has 7 nitrogen and oxygen atoms in total. The molecule has 0 aliphatic rings. The number of amides is 2. The molecule has 9 heteroatoms. The minimum atomic E-state index is -4.21. The highest BCUT2D eigenvalue weighted by molar-refractivity contribution is 7.89. The van der Waals surface area contributed by atoms with Crippen LogP contribution in [0.1, 0.15) is 26.3 Å². The predicted octanol–water partition coefficient (Wildman–Crippen LogP) is 3.13. The Balaban J connectivity index is 1.83. The van der Waals surface area contributed by atoms with Crippen LogP contribution in [0.25, 0.3) is 11.1 Å². The van der Waals surface area contributed by atoms with Gasteiger partial charge in [-0.15, -0.1) is 4.83 Å². The third kappa shape index (κ3) is 5.01. The smallest absolute Gasteiger partial charge is 0.269 e. The van der Waals surface area contributed by atoms with Crippen molar-refractivity contribution in [1.82, 2.24) is 15.2 Å². The molecular formula is C23H22FN3O4S. The van der Waals surface area contributed by atoms with Crippen molar-refractivity contribution in [2.45, 2.75) is 11.8 Å². The van der Waals surface area contributed by atoms with Gasteiger partial charge >= 0.3 is 0 Å². The fraction of sp³-hybridized carbons (Fsp3) is 0.130. The maximum atomic E-state index is 14.6.